The first-order valence-corrected chi connectivity index (χ1v) is 17.9. The van der Waals surface area contributed by atoms with Crippen molar-refractivity contribution in [2.24, 2.45) is 0 Å². The molecule has 0 aliphatic heterocycles. The third kappa shape index (κ3) is 3.43. The lowest BCUT2D eigenvalue weighted by Gasteiger charge is -2.27. The molecule has 4 aromatic heterocycles. The van der Waals surface area contributed by atoms with Gasteiger partial charge in [-0.3, -0.25) is 0 Å². The molecule has 232 valence electrons. The zero-order valence-electron chi connectivity index (χ0n) is 26.8. The Labute approximate surface area is 290 Å². The molecule has 4 heterocycles. The number of benzene rings is 8. The van der Waals surface area contributed by atoms with Crippen molar-refractivity contribution in [2.45, 2.75) is 0 Å². The van der Waals surface area contributed by atoms with Crippen LogP contribution in [0, 0.1) is 0 Å². The second kappa shape index (κ2) is 9.63. The minimum Gasteiger partial charge on any atom is -0.310 e. The van der Waals surface area contributed by atoms with E-state index in [1.165, 1.54) is 85.6 Å². The zero-order valence-corrected chi connectivity index (χ0v) is 27.7. The molecule has 50 heavy (non-hydrogen) atoms. The van der Waals surface area contributed by atoms with Crippen LogP contribution >= 0.6 is 11.3 Å². The van der Waals surface area contributed by atoms with E-state index in [1.807, 2.05) is 11.3 Å². The summed E-state index contributed by atoms with van der Waals surface area (Å²) in [5.41, 5.74) is 10.8. The van der Waals surface area contributed by atoms with Crippen LogP contribution < -0.4 is 4.90 Å². The van der Waals surface area contributed by atoms with Crippen LogP contribution in [0.25, 0.3) is 85.6 Å². The summed E-state index contributed by atoms with van der Waals surface area (Å²) in [5, 5.41) is 10.2. The molecule has 12 rings (SSSR count). The average molecular weight is 654 g/mol. The van der Waals surface area contributed by atoms with Gasteiger partial charge in [0.15, 0.2) is 0 Å². The minimum atomic E-state index is 1.12. The first-order chi connectivity index (χ1) is 24.8. The second-order valence-corrected chi connectivity index (χ2v) is 14.5. The Kier molecular flexibility index (Phi) is 5.12. The number of hydrogen-bond acceptors (Lipinski definition) is 2. The number of para-hydroxylation sites is 2. The van der Waals surface area contributed by atoms with E-state index in [9.17, 15) is 0 Å². The molecule has 0 bridgehead atoms. The number of hydrogen-bond donors (Lipinski definition) is 0. The Morgan fingerprint density at radius 3 is 1.68 bits per heavy atom. The standard InChI is InChI=1S/C46H27N3S/c1-2-10-29-25-30(18-17-28(29)9-1)47(31-20-24-44-38(26-31)35-13-5-8-16-43(35)50-44)32-19-23-41-42(27-32)49-40-15-7-4-12-34(40)37-22-21-36-33-11-3-6-14-39(33)48(41)45(36)46(37)49/h1-27H. The highest BCUT2D eigenvalue weighted by Gasteiger charge is 2.23. The van der Waals surface area contributed by atoms with E-state index in [-0.39, 0.29) is 0 Å². The van der Waals surface area contributed by atoms with E-state index in [2.05, 4.69) is 177 Å². The molecule has 0 fully saturated rings. The van der Waals surface area contributed by atoms with Crippen molar-refractivity contribution in [3.8, 4) is 0 Å². The maximum absolute atomic E-state index is 2.51. The lowest BCUT2D eigenvalue weighted by Crippen LogP contribution is -2.10. The van der Waals surface area contributed by atoms with E-state index in [4.69, 9.17) is 0 Å². The summed E-state index contributed by atoms with van der Waals surface area (Å²) in [4.78, 5) is 2.44. The van der Waals surface area contributed by atoms with Crippen LogP contribution in [0.4, 0.5) is 17.1 Å². The van der Waals surface area contributed by atoms with Gasteiger partial charge in [0.2, 0.25) is 0 Å². The van der Waals surface area contributed by atoms with Crippen molar-refractivity contribution in [1.29, 1.82) is 0 Å². The summed E-state index contributed by atoms with van der Waals surface area (Å²) >= 11 is 1.86. The van der Waals surface area contributed by atoms with Gasteiger partial charge < -0.3 is 13.7 Å². The van der Waals surface area contributed by atoms with E-state index in [0.29, 0.717) is 0 Å². The molecular weight excluding hydrogens is 627 g/mol. The minimum absolute atomic E-state index is 1.12. The smallest absolute Gasteiger partial charge is 0.0789 e. The summed E-state index contributed by atoms with van der Waals surface area (Å²) < 4.78 is 7.63. The van der Waals surface area contributed by atoms with Gasteiger partial charge in [0.1, 0.15) is 0 Å². The second-order valence-electron chi connectivity index (χ2n) is 13.4. The fourth-order valence-corrected chi connectivity index (χ4v) is 9.72. The maximum Gasteiger partial charge on any atom is 0.0789 e. The van der Waals surface area contributed by atoms with Crippen LogP contribution in [0.1, 0.15) is 0 Å². The Morgan fingerprint density at radius 1 is 0.340 bits per heavy atom. The summed E-state index contributed by atoms with van der Waals surface area (Å²) in [6.45, 7) is 0. The molecule has 0 saturated carbocycles. The predicted molar refractivity (Wildman–Crippen MR) is 215 cm³/mol. The quantitative estimate of drug-likeness (QED) is 0.173. The largest absolute Gasteiger partial charge is 0.310 e. The van der Waals surface area contributed by atoms with Crippen LogP contribution in [0.15, 0.2) is 164 Å². The molecule has 0 radical (unpaired) electrons. The molecular formula is C46H27N3S. The van der Waals surface area contributed by atoms with Gasteiger partial charge in [0.05, 0.1) is 33.1 Å². The number of nitrogens with zero attached hydrogens (tertiary/aromatic N) is 3. The molecule has 0 amide bonds. The zero-order chi connectivity index (χ0) is 32.5. The molecule has 0 spiro atoms. The third-order valence-electron chi connectivity index (χ3n) is 10.8. The van der Waals surface area contributed by atoms with Crippen LogP contribution in [0.5, 0.6) is 0 Å². The van der Waals surface area contributed by atoms with Crippen molar-refractivity contribution in [3.63, 3.8) is 0 Å². The molecule has 0 N–H and O–H groups in total. The van der Waals surface area contributed by atoms with Gasteiger partial charge in [-0.15, -0.1) is 11.3 Å². The number of anilines is 3. The highest BCUT2D eigenvalue weighted by molar-refractivity contribution is 7.25. The first kappa shape index (κ1) is 26.6. The summed E-state index contributed by atoms with van der Waals surface area (Å²) in [7, 11) is 0. The van der Waals surface area contributed by atoms with Gasteiger partial charge in [0, 0.05) is 58.8 Å². The molecule has 0 aliphatic carbocycles. The van der Waals surface area contributed by atoms with Crippen LogP contribution in [-0.2, 0) is 0 Å². The van der Waals surface area contributed by atoms with E-state index >= 15 is 0 Å². The van der Waals surface area contributed by atoms with Crippen molar-refractivity contribution in [1.82, 2.24) is 8.80 Å². The number of thiophene rings is 1. The van der Waals surface area contributed by atoms with Crippen molar-refractivity contribution >= 4 is 114 Å². The molecule has 0 unspecified atom stereocenters. The monoisotopic (exact) mass is 653 g/mol. The van der Waals surface area contributed by atoms with Gasteiger partial charge in [0.25, 0.3) is 0 Å². The van der Waals surface area contributed by atoms with Gasteiger partial charge >= 0.3 is 0 Å². The molecule has 0 aliphatic rings. The highest BCUT2D eigenvalue weighted by Crippen LogP contribution is 2.45. The van der Waals surface area contributed by atoms with Crippen molar-refractivity contribution < 1.29 is 0 Å². The summed E-state index contributed by atoms with van der Waals surface area (Å²) in [5.74, 6) is 0. The first-order valence-electron chi connectivity index (χ1n) is 17.1. The van der Waals surface area contributed by atoms with Gasteiger partial charge in [-0.25, -0.2) is 0 Å². The highest BCUT2D eigenvalue weighted by atomic mass is 32.1. The molecule has 8 aromatic carbocycles. The van der Waals surface area contributed by atoms with E-state index in [1.54, 1.807) is 0 Å². The molecule has 3 nitrogen and oxygen atoms in total. The number of aromatic nitrogens is 2. The lowest BCUT2D eigenvalue weighted by atomic mass is 10.1. The number of rotatable bonds is 3. The lowest BCUT2D eigenvalue weighted by molar-refractivity contribution is 1.24. The Bertz CT molecular complexity index is 3340. The topological polar surface area (TPSA) is 12.1 Å². The van der Waals surface area contributed by atoms with Gasteiger partial charge in [-0.2, -0.15) is 0 Å². The van der Waals surface area contributed by atoms with E-state index < -0.39 is 0 Å². The number of fused-ring (bicyclic) bond motifs is 13. The Morgan fingerprint density at radius 2 is 0.900 bits per heavy atom. The summed E-state index contributed by atoms with van der Waals surface area (Å²) in [6, 6.07) is 60.6. The van der Waals surface area contributed by atoms with Crippen LogP contribution in [0.3, 0.4) is 0 Å². The molecule has 0 saturated heterocycles. The predicted octanol–water partition coefficient (Wildman–Crippen LogP) is 13.2. The van der Waals surface area contributed by atoms with Crippen LogP contribution in [-0.4, -0.2) is 8.80 Å². The van der Waals surface area contributed by atoms with Gasteiger partial charge in [-0.05, 0) is 77.5 Å². The average Bonchev–Trinajstić information content (AvgIpc) is 3.83. The van der Waals surface area contributed by atoms with Crippen molar-refractivity contribution in [2.75, 3.05) is 4.90 Å². The SMILES string of the molecule is c1ccc2cc(N(c3ccc4sc5ccccc5c4c3)c3ccc4c(c3)n3c5ccccc5c5ccc6c7ccccc7n4c6c53)ccc2c1. The fraction of sp³-hybridized carbons (Fsp3) is 0. The molecule has 0 atom stereocenters. The Balaban J connectivity index is 1.22. The van der Waals surface area contributed by atoms with Gasteiger partial charge in [-0.1, -0.05) is 97.1 Å². The normalized spacial score (nSPS) is 12.4. The summed E-state index contributed by atoms with van der Waals surface area (Å²) in [6.07, 6.45) is 0. The molecule has 12 aromatic rings. The fourth-order valence-electron chi connectivity index (χ4n) is 8.64. The Hall–Kier alpha value is -6.36. The van der Waals surface area contributed by atoms with Crippen molar-refractivity contribution in [3.05, 3.63) is 164 Å². The maximum atomic E-state index is 2.51. The van der Waals surface area contributed by atoms with E-state index in [0.717, 1.165) is 17.1 Å². The van der Waals surface area contributed by atoms with Crippen LogP contribution in [0.2, 0.25) is 0 Å². The third-order valence-corrected chi connectivity index (χ3v) is 11.9. The molecule has 4 heteroatoms.